The van der Waals surface area contributed by atoms with Gasteiger partial charge in [0.1, 0.15) is 11.5 Å². The second-order valence-corrected chi connectivity index (χ2v) is 6.91. The van der Waals surface area contributed by atoms with Gasteiger partial charge in [-0.2, -0.15) is 10.1 Å². The van der Waals surface area contributed by atoms with E-state index >= 15 is 0 Å². The Kier molecular flexibility index (Phi) is 4.94. The summed E-state index contributed by atoms with van der Waals surface area (Å²) in [6.07, 6.45) is 1.41. The predicted octanol–water partition coefficient (Wildman–Crippen LogP) is 4.18. The molecule has 2 aromatic carbocycles. The maximum atomic E-state index is 12.7. The van der Waals surface area contributed by atoms with Gasteiger partial charge in [0.25, 0.3) is 0 Å². The topological polar surface area (TPSA) is 60.4 Å². The molecule has 0 unspecified atom stereocenters. The van der Waals surface area contributed by atoms with Crippen LogP contribution in [0.4, 0.5) is 4.79 Å². The molecule has 0 saturated carbocycles. The van der Waals surface area contributed by atoms with Crippen molar-refractivity contribution in [3.8, 4) is 11.5 Å². The van der Waals surface area contributed by atoms with Crippen molar-refractivity contribution in [1.29, 1.82) is 0 Å². The van der Waals surface area contributed by atoms with Crippen LogP contribution in [-0.4, -0.2) is 37.6 Å². The van der Waals surface area contributed by atoms with E-state index in [4.69, 9.17) is 19.3 Å². The van der Waals surface area contributed by atoms with Crippen molar-refractivity contribution in [2.45, 2.75) is 25.8 Å². The lowest BCUT2D eigenvalue weighted by atomic mass is 9.77. The summed E-state index contributed by atoms with van der Waals surface area (Å²) in [6.45, 7) is 2.12. The van der Waals surface area contributed by atoms with Gasteiger partial charge in [0.05, 0.1) is 32.6 Å². The fraction of sp³-hybridized carbons (Fsp3) is 0.364. The zero-order chi connectivity index (χ0) is 19.7. The van der Waals surface area contributed by atoms with Crippen molar-refractivity contribution in [3.63, 3.8) is 0 Å². The third kappa shape index (κ3) is 3.09. The normalized spacial score (nSPS) is 20.1. The molecule has 0 radical (unpaired) electrons. The number of hydrogen-bond donors (Lipinski definition) is 0. The summed E-state index contributed by atoms with van der Waals surface area (Å²) in [5.41, 5.74) is 4.25. The summed E-state index contributed by atoms with van der Waals surface area (Å²) in [5, 5.41) is 6.23. The number of fused-ring (bicyclic) bond motifs is 3. The average molecular weight is 380 g/mol. The highest BCUT2D eigenvalue weighted by molar-refractivity contribution is 6.06. The Labute approximate surface area is 164 Å². The number of hydrazone groups is 1. The Hall–Kier alpha value is -3.02. The van der Waals surface area contributed by atoms with Crippen LogP contribution in [0.1, 0.15) is 36.1 Å². The Morgan fingerprint density at radius 3 is 2.50 bits per heavy atom. The standard InChI is InChI=1S/C22H24N2O4/c1-4-28-22(25)24-21(14-5-8-16(26-2)9-6-14)19-11-7-15-13-17(27-3)10-12-18(15)20(19)23-24/h5-6,8-10,12-13,19,21H,4,7,11H2,1-3H3/t19-,21-/m1/s1. The summed E-state index contributed by atoms with van der Waals surface area (Å²) in [5.74, 6) is 1.75. The lowest BCUT2D eigenvalue weighted by molar-refractivity contribution is 0.0909. The summed E-state index contributed by atoms with van der Waals surface area (Å²) >= 11 is 0. The number of ether oxygens (including phenoxy) is 3. The molecule has 0 aromatic heterocycles. The molecule has 146 valence electrons. The molecule has 4 rings (SSSR count). The fourth-order valence-electron chi connectivity index (χ4n) is 4.10. The molecule has 0 saturated heterocycles. The Morgan fingerprint density at radius 1 is 1.11 bits per heavy atom. The van der Waals surface area contributed by atoms with Crippen LogP contribution in [0.3, 0.4) is 0 Å². The molecule has 0 bridgehead atoms. The van der Waals surface area contributed by atoms with Crippen LogP contribution in [0.25, 0.3) is 0 Å². The Balaban J connectivity index is 1.75. The second kappa shape index (κ2) is 7.54. The van der Waals surface area contributed by atoms with Gasteiger partial charge in [-0.1, -0.05) is 12.1 Å². The van der Waals surface area contributed by atoms with E-state index in [1.165, 1.54) is 10.6 Å². The molecule has 1 amide bonds. The van der Waals surface area contributed by atoms with E-state index in [9.17, 15) is 4.79 Å². The minimum atomic E-state index is -0.416. The number of carbonyl (C=O) groups excluding carboxylic acids is 1. The van der Waals surface area contributed by atoms with Crippen LogP contribution in [0.15, 0.2) is 47.6 Å². The van der Waals surface area contributed by atoms with Crippen molar-refractivity contribution in [2.75, 3.05) is 20.8 Å². The Bertz CT molecular complexity index is 907. The van der Waals surface area contributed by atoms with Crippen molar-refractivity contribution < 1.29 is 19.0 Å². The maximum Gasteiger partial charge on any atom is 0.430 e. The van der Waals surface area contributed by atoms with E-state index in [-0.39, 0.29) is 12.0 Å². The molecule has 28 heavy (non-hydrogen) atoms. The van der Waals surface area contributed by atoms with Gasteiger partial charge in [0.15, 0.2) is 0 Å². The number of methoxy groups -OCH3 is 2. The molecule has 2 aliphatic rings. The third-order valence-electron chi connectivity index (χ3n) is 5.44. The van der Waals surface area contributed by atoms with Gasteiger partial charge in [-0.25, -0.2) is 4.79 Å². The first-order valence-electron chi connectivity index (χ1n) is 9.52. The SMILES string of the molecule is CCOC(=O)N1N=C2c3ccc(OC)cc3CC[C@H]2[C@H]1c1ccc(OC)cc1. The minimum absolute atomic E-state index is 0.124. The number of benzene rings is 2. The largest absolute Gasteiger partial charge is 0.497 e. The average Bonchev–Trinajstić information content (AvgIpc) is 3.13. The lowest BCUT2D eigenvalue weighted by Crippen LogP contribution is -2.32. The quantitative estimate of drug-likeness (QED) is 0.798. The molecule has 2 atom stereocenters. The molecule has 2 aromatic rings. The number of rotatable bonds is 4. The van der Waals surface area contributed by atoms with E-state index in [1.807, 2.05) is 36.4 Å². The van der Waals surface area contributed by atoms with E-state index < -0.39 is 6.09 Å². The highest BCUT2D eigenvalue weighted by Gasteiger charge is 2.44. The van der Waals surface area contributed by atoms with E-state index in [1.54, 1.807) is 21.1 Å². The zero-order valence-corrected chi connectivity index (χ0v) is 16.3. The molecule has 0 fully saturated rings. The minimum Gasteiger partial charge on any atom is -0.497 e. The lowest BCUT2D eigenvalue weighted by Gasteiger charge is -2.29. The first-order valence-corrected chi connectivity index (χ1v) is 9.52. The molecular weight excluding hydrogens is 356 g/mol. The third-order valence-corrected chi connectivity index (χ3v) is 5.44. The van der Waals surface area contributed by atoms with Crippen LogP contribution in [0.5, 0.6) is 11.5 Å². The molecule has 1 aliphatic heterocycles. The van der Waals surface area contributed by atoms with Gasteiger partial charge < -0.3 is 14.2 Å². The van der Waals surface area contributed by atoms with Crippen LogP contribution in [0.2, 0.25) is 0 Å². The van der Waals surface area contributed by atoms with E-state index in [0.29, 0.717) is 6.61 Å². The monoisotopic (exact) mass is 380 g/mol. The first-order chi connectivity index (χ1) is 13.7. The Morgan fingerprint density at radius 2 is 1.82 bits per heavy atom. The van der Waals surface area contributed by atoms with Crippen molar-refractivity contribution in [1.82, 2.24) is 5.01 Å². The summed E-state index contributed by atoms with van der Waals surface area (Å²) in [7, 11) is 3.31. The molecule has 0 N–H and O–H groups in total. The number of amides is 1. The fourth-order valence-corrected chi connectivity index (χ4v) is 4.10. The van der Waals surface area contributed by atoms with Crippen molar-refractivity contribution in [2.24, 2.45) is 11.0 Å². The predicted molar refractivity (Wildman–Crippen MR) is 106 cm³/mol. The van der Waals surface area contributed by atoms with Gasteiger partial charge in [-0.15, -0.1) is 0 Å². The molecule has 1 aliphatic carbocycles. The van der Waals surface area contributed by atoms with Crippen LogP contribution in [0, 0.1) is 5.92 Å². The van der Waals surface area contributed by atoms with E-state index in [0.717, 1.165) is 41.2 Å². The van der Waals surface area contributed by atoms with Gasteiger partial charge in [0.2, 0.25) is 0 Å². The summed E-state index contributed by atoms with van der Waals surface area (Å²) < 4.78 is 15.9. The van der Waals surface area contributed by atoms with Crippen LogP contribution < -0.4 is 9.47 Å². The molecule has 1 heterocycles. The smallest absolute Gasteiger partial charge is 0.430 e. The molecule has 6 heteroatoms. The van der Waals surface area contributed by atoms with Crippen LogP contribution in [-0.2, 0) is 11.2 Å². The molecule has 6 nitrogen and oxygen atoms in total. The summed E-state index contributed by atoms with van der Waals surface area (Å²) in [6, 6.07) is 13.7. The van der Waals surface area contributed by atoms with Crippen molar-refractivity contribution in [3.05, 3.63) is 59.2 Å². The second-order valence-electron chi connectivity index (χ2n) is 6.91. The number of nitrogens with zero attached hydrogens (tertiary/aromatic N) is 2. The van der Waals surface area contributed by atoms with E-state index in [2.05, 4.69) is 6.07 Å². The molecular formula is C22H24N2O4. The van der Waals surface area contributed by atoms with Gasteiger partial charge in [-0.3, -0.25) is 0 Å². The summed E-state index contributed by atoms with van der Waals surface area (Å²) in [4.78, 5) is 12.7. The number of hydrogen-bond acceptors (Lipinski definition) is 5. The van der Waals surface area contributed by atoms with Gasteiger partial charge >= 0.3 is 6.09 Å². The molecule has 0 spiro atoms. The van der Waals surface area contributed by atoms with Crippen LogP contribution >= 0.6 is 0 Å². The first kappa shape index (κ1) is 18.3. The van der Waals surface area contributed by atoms with Gasteiger partial charge in [0, 0.05) is 11.5 Å². The zero-order valence-electron chi connectivity index (χ0n) is 16.3. The van der Waals surface area contributed by atoms with Crippen molar-refractivity contribution >= 4 is 11.8 Å². The maximum absolute atomic E-state index is 12.7. The van der Waals surface area contributed by atoms with Gasteiger partial charge in [-0.05, 0) is 61.2 Å². The highest BCUT2D eigenvalue weighted by Crippen LogP contribution is 2.44. The number of aryl methyl sites for hydroxylation is 1. The highest BCUT2D eigenvalue weighted by atomic mass is 16.6. The number of carbonyl (C=O) groups is 1.